The number of nitrogens with zero attached hydrogens (tertiary/aromatic N) is 4. The summed E-state index contributed by atoms with van der Waals surface area (Å²) >= 11 is 0. The van der Waals surface area contributed by atoms with Crippen molar-refractivity contribution in [1.29, 1.82) is 0 Å². The normalized spacial score (nSPS) is 11.8. The molecule has 1 amide bonds. The minimum absolute atomic E-state index is 0.467. The molecule has 224 valence electrons. The Kier molecular flexibility index (Phi) is 7.72. The van der Waals surface area contributed by atoms with Gasteiger partial charge in [-0.15, -0.1) is 0 Å². The number of hydrogen-bond donors (Lipinski definition) is 1. The number of benzene rings is 4. The van der Waals surface area contributed by atoms with Gasteiger partial charge in [0.2, 0.25) is 0 Å². The van der Waals surface area contributed by atoms with Gasteiger partial charge >= 0.3 is 6.09 Å². The molecule has 0 bridgehead atoms. The maximum Gasteiger partial charge on any atom is 0.412 e. The number of nitrogens with one attached hydrogen (secondary N) is 1. The van der Waals surface area contributed by atoms with Crippen LogP contribution >= 0.6 is 0 Å². The zero-order valence-corrected chi connectivity index (χ0v) is 26.3. The molecule has 0 fully saturated rings. The van der Waals surface area contributed by atoms with Crippen LogP contribution in [0.2, 0.25) is 0 Å². The zero-order chi connectivity index (χ0) is 31.0. The predicted molar refractivity (Wildman–Crippen MR) is 179 cm³/mol. The van der Waals surface area contributed by atoms with Crippen LogP contribution < -0.4 is 5.32 Å². The number of ether oxygens (including phenoxy) is 1. The third kappa shape index (κ3) is 5.82. The highest BCUT2D eigenvalue weighted by Gasteiger charge is 2.19. The number of fused-ring (bicyclic) bond motifs is 2. The fourth-order valence-electron chi connectivity index (χ4n) is 5.79. The fourth-order valence-corrected chi connectivity index (χ4v) is 5.79. The van der Waals surface area contributed by atoms with Gasteiger partial charge in [0.15, 0.2) is 0 Å². The van der Waals surface area contributed by atoms with Crippen molar-refractivity contribution in [1.82, 2.24) is 19.1 Å². The van der Waals surface area contributed by atoms with Crippen molar-refractivity contribution in [3.63, 3.8) is 0 Å². The van der Waals surface area contributed by atoms with Crippen molar-refractivity contribution in [2.24, 2.45) is 7.05 Å². The molecular weight excluding hydrogens is 546 g/mol. The first-order valence-electron chi connectivity index (χ1n) is 15.2. The molecule has 0 radical (unpaired) electrons. The molecule has 1 N–H and O–H groups in total. The van der Waals surface area contributed by atoms with Gasteiger partial charge < -0.3 is 13.9 Å². The van der Waals surface area contributed by atoms with E-state index in [2.05, 4.69) is 89.9 Å². The van der Waals surface area contributed by atoms with E-state index < -0.39 is 11.7 Å². The van der Waals surface area contributed by atoms with Crippen LogP contribution in [0.1, 0.15) is 51.1 Å². The van der Waals surface area contributed by atoms with Crippen molar-refractivity contribution in [3.8, 4) is 22.5 Å². The molecular formula is C37H39N5O2. The van der Waals surface area contributed by atoms with Gasteiger partial charge in [-0.3, -0.25) is 5.32 Å². The summed E-state index contributed by atoms with van der Waals surface area (Å²) in [6, 6.07) is 29.0. The molecule has 7 nitrogen and oxygen atoms in total. The molecule has 6 rings (SSSR count). The summed E-state index contributed by atoms with van der Waals surface area (Å²) in [5.41, 5.74) is 9.76. The van der Waals surface area contributed by atoms with Crippen LogP contribution in [0.25, 0.3) is 44.6 Å². The number of carbonyl (C=O) groups is 1. The quantitative estimate of drug-likeness (QED) is 0.203. The van der Waals surface area contributed by atoms with Gasteiger partial charge in [0.25, 0.3) is 0 Å². The second kappa shape index (κ2) is 11.6. The maximum absolute atomic E-state index is 12.5. The minimum atomic E-state index is -0.570. The van der Waals surface area contributed by atoms with E-state index in [0.29, 0.717) is 12.2 Å². The third-order valence-electron chi connectivity index (χ3n) is 7.81. The lowest BCUT2D eigenvalue weighted by atomic mass is 10.0. The highest BCUT2D eigenvalue weighted by atomic mass is 16.6. The fraction of sp³-hybridized carbons (Fsp3) is 0.270. The van der Waals surface area contributed by atoms with E-state index >= 15 is 0 Å². The van der Waals surface area contributed by atoms with Gasteiger partial charge in [-0.25, -0.2) is 14.8 Å². The average Bonchev–Trinajstić information content (AvgIpc) is 3.50. The van der Waals surface area contributed by atoms with E-state index in [-0.39, 0.29) is 0 Å². The molecule has 0 aliphatic heterocycles. The number of hydrogen-bond acceptors (Lipinski definition) is 4. The summed E-state index contributed by atoms with van der Waals surface area (Å²) in [7, 11) is 2.08. The first-order valence-corrected chi connectivity index (χ1v) is 15.2. The summed E-state index contributed by atoms with van der Waals surface area (Å²) in [5.74, 6) is 2.03. The maximum atomic E-state index is 12.5. The van der Waals surface area contributed by atoms with Crippen molar-refractivity contribution in [3.05, 3.63) is 102 Å². The molecule has 0 saturated carbocycles. The monoisotopic (exact) mass is 585 g/mol. The van der Waals surface area contributed by atoms with Gasteiger partial charge in [-0.1, -0.05) is 61.5 Å². The lowest BCUT2D eigenvalue weighted by Crippen LogP contribution is -2.27. The lowest BCUT2D eigenvalue weighted by molar-refractivity contribution is 0.0636. The van der Waals surface area contributed by atoms with Crippen LogP contribution in [0.5, 0.6) is 0 Å². The molecule has 2 aromatic heterocycles. The smallest absolute Gasteiger partial charge is 0.412 e. The minimum Gasteiger partial charge on any atom is -0.444 e. The van der Waals surface area contributed by atoms with E-state index in [4.69, 9.17) is 14.7 Å². The predicted octanol–water partition coefficient (Wildman–Crippen LogP) is 8.91. The molecule has 2 heterocycles. The van der Waals surface area contributed by atoms with Crippen molar-refractivity contribution < 1.29 is 9.53 Å². The van der Waals surface area contributed by atoms with Crippen LogP contribution in [0.3, 0.4) is 0 Å². The molecule has 4 aromatic carbocycles. The van der Waals surface area contributed by atoms with Crippen molar-refractivity contribution >= 4 is 33.8 Å². The highest BCUT2D eigenvalue weighted by Crippen LogP contribution is 2.32. The van der Waals surface area contributed by atoms with Crippen LogP contribution in [-0.2, 0) is 24.8 Å². The first-order chi connectivity index (χ1) is 21.1. The zero-order valence-electron chi connectivity index (χ0n) is 26.3. The Bertz CT molecular complexity index is 1980. The largest absolute Gasteiger partial charge is 0.444 e. The van der Waals surface area contributed by atoms with Gasteiger partial charge in [-0.05, 0) is 81.1 Å². The Balaban J connectivity index is 1.34. The molecule has 6 aromatic rings. The lowest BCUT2D eigenvalue weighted by Gasteiger charge is -2.20. The molecule has 0 atom stereocenters. The summed E-state index contributed by atoms with van der Waals surface area (Å²) in [4.78, 5) is 22.6. The highest BCUT2D eigenvalue weighted by molar-refractivity contribution is 5.92. The number of para-hydroxylation sites is 3. The summed E-state index contributed by atoms with van der Waals surface area (Å²) in [6.07, 6.45) is 1.45. The number of imidazole rings is 2. The van der Waals surface area contributed by atoms with E-state index in [1.165, 1.54) is 5.56 Å². The van der Waals surface area contributed by atoms with Crippen LogP contribution in [0, 0.1) is 6.92 Å². The van der Waals surface area contributed by atoms with E-state index in [1.807, 2.05) is 51.1 Å². The van der Waals surface area contributed by atoms with Gasteiger partial charge in [-0.2, -0.15) is 0 Å². The Morgan fingerprint density at radius 1 is 0.886 bits per heavy atom. The molecule has 0 unspecified atom stereocenters. The number of rotatable bonds is 7. The van der Waals surface area contributed by atoms with Crippen molar-refractivity contribution in [2.45, 2.75) is 59.6 Å². The second-order valence-corrected chi connectivity index (χ2v) is 12.4. The van der Waals surface area contributed by atoms with Crippen LogP contribution in [0.15, 0.2) is 84.9 Å². The van der Waals surface area contributed by atoms with E-state index in [9.17, 15) is 4.79 Å². The first kappa shape index (κ1) is 29.2. The number of aryl methyl sites for hydroxylation is 3. The number of aromatic nitrogens is 4. The molecule has 0 aliphatic rings. The molecule has 0 aliphatic carbocycles. The van der Waals surface area contributed by atoms with Gasteiger partial charge in [0.1, 0.15) is 17.2 Å². The summed E-state index contributed by atoms with van der Waals surface area (Å²) < 4.78 is 10.00. The van der Waals surface area contributed by atoms with E-state index in [1.54, 1.807) is 0 Å². The SMILES string of the molecule is CCCc1nc2c(C)cc(-c3nc4ccccc4n3C)cc2n1Cc1ccc(-c2ccccc2NC(=O)OC(C)(C)C)cc1. The Labute approximate surface area is 258 Å². The summed E-state index contributed by atoms with van der Waals surface area (Å²) in [6.45, 7) is 10.6. The number of anilines is 1. The topological polar surface area (TPSA) is 74.0 Å². The van der Waals surface area contributed by atoms with Gasteiger partial charge in [0.05, 0.1) is 27.8 Å². The standard InChI is InChI=1S/C37H39N5O2/c1-7-12-33-40-34-24(2)21-27(35-38-30-15-10-11-16-31(30)41(35)6)22-32(34)42(33)23-25-17-19-26(20-18-25)28-13-8-9-14-29(28)39-36(43)44-37(3,4)5/h8-11,13-22H,7,12,23H2,1-6H3,(H,39,43). The van der Waals surface area contributed by atoms with Crippen molar-refractivity contribution in [2.75, 3.05) is 5.32 Å². The molecule has 0 spiro atoms. The summed E-state index contributed by atoms with van der Waals surface area (Å²) in [5, 5.41) is 2.91. The van der Waals surface area contributed by atoms with Gasteiger partial charge in [0, 0.05) is 31.1 Å². The molecule has 7 heteroatoms. The Morgan fingerprint density at radius 2 is 1.61 bits per heavy atom. The molecule has 0 saturated heterocycles. The Hall–Kier alpha value is -4.91. The van der Waals surface area contributed by atoms with Crippen LogP contribution in [0.4, 0.5) is 10.5 Å². The third-order valence-corrected chi connectivity index (χ3v) is 7.81. The van der Waals surface area contributed by atoms with E-state index in [0.717, 1.165) is 68.8 Å². The molecule has 44 heavy (non-hydrogen) atoms. The average molecular weight is 586 g/mol. The number of amides is 1. The Morgan fingerprint density at radius 3 is 2.34 bits per heavy atom. The number of carbonyl (C=O) groups excluding carboxylic acids is 1. The second-order valence-electron chi connectivity index (χ2n) is 12.4. The van der Waals surface area contributed by atoms with Crippen LogP contribution in [-0.4, -0.2) is 30.8 Å².